The summed E-state index contributed by atoms with van der Waals surface area (Å²) >= 11 is 0. The molecule has 1 N–H and O–H groups in total. The quantitative estimate of drug-likeness (QED) is 0.696. The van der Waals surface area contributed by atoms with Gasteiger partial charge in [0.05, 0.1) is 17.4 Å². The Bertz CT molecular complexity index is 1080. The molecular weight excluding hydrogens is 370 g/mol. The lowest BCUT2D eigenvalue weighted by molar-refractivity contribution is -0.131. The van der Waals surface area contributed by atoms with Gasteiger partial charge < -0.3 is 19.4 Å². The third-order valence-corrected chi connectivity index (χ3v) is 4.94. The van der Waals surface area contributed by atoms with Crippen molar-refractivity contribution in [3.05, 3.63) is 64.7 Å². The number of aryl methyl sites for hydroxylation is 1. The molecule has 0 aliphatic carbocycles. The minimum atomic E-state index is -0.197. The second-order valence-corrected chi connectivity index (χ2v) is 7.16. The molecule has 0 radical (unpaired) electrons. The molecule has 0 fully saturated rings. The monoisotopic (exact) mass is 393 g/mol. The van der Waals surface area contributed by atoms with Crippen LogP contribution in [-0.2, 0) is 11.2 Å². The summed E-state index contributed by atoms with van der Waals surface area (Å²) in [6.07, 6.45) is 1.32. The molecule has 7 heteroatoms. The van der Waals surface area contributed by atoms with Crippen LogP contribution in [0, 0.1) is 0 Å². The van der Waals surface area contributed by atoms with E-state index in [1.807, 2.05) is 42.5 Å². The van der Waals surface area contributed by atoms with E-state index >= 15 is 0 Å². The van der Waals surface area contributed by atoms with E-state index in [4.69, 9.17) is 9.47 Å². The molecule has 0 spiro atoms. The van der Waals surface area contributed by atoms with Gasteiger partial charge in [0.2, 0.25) is 5.91 Å². The maximum atomic E-state index is 12.5. The minimum absolute atomic E-state index is 0.0237. The molecule has 2 heterocycles. The summed E-state index contributed by atoms with van der Waals surface area (Å²) in [7, 11) is 1.77. The lowest BCUT2D eigenvalue weighted by Crippen LogP contribution is -2.41. The molecule has 0 bridgehead atoms. The van der Waals surface area contributed by atoms with Crippen LogP contribution in [0.15, 0.2) is 53.3 Å². The predicted molar refractivity (Wildman–Crippen MR) is 109 cm³/mol. The largest absolute Gasteiger partial charge is 0.486 e. The van der Waals surface area contributed by atoms with Gasteiger partial charge in [0, 0.05) is 19.9 Å². The molecule has 1 aliphatic heterocycles. The summed E-state index contributed by atoms with van der Waals surface area (Å²) in [5.74, 6) is 2.06. The van der Waals surface area contributed by atoms with Crippen molar-refractivity contribution >= 4 is 16.8 Å². The number of rotatable bonds is 6. The summed E-state index contributed by atoms with van der Waals surface area (Å²) in [6, 6.07) is 14.8. The number of para-hydroxylation sites is 3. The van der Waals surface area contributed by atoms with Crippen molar-refractivity contribution in [2.45, 2.75) is 25.4 Å². The maximum Gasteiger partial charge on any atom is 0.258 e. The van der Waals surface area contributed by atoms with E-state index in [9.17, 15) is 9.59 Å². The summed E-state index contributed by atoms with van der Waals surface area (Å²) < 4.78 is 11.6. The Labute approximate surface area is 168 Å². The van der Waals surface area contributed by atoms with E-state index in [2.05, 4.69) is 9.97 Å². The van der Waals surface area contributed by atoms with Gasteiger partial charge in [-0.1, -0.05) is 24.3 Å². The maximum absolute atomic E-state index is 12.5. The number of likely N-dealkylation sites (N-methyl/N-ethyl adjacent to an activating group) is 1. The molecule has 3 aromatic rings. The van der Waals surface area contributed by atoms with Crippen LogP contribution in [0.2, 0.25) is 0 Å². The molecule has 1 atom stereocenters. The highest BCUT2D eigenvalue weighted by atomic mass is 16.6. The number of hydrogen-bond acceptors (Lipinski definition) is 5. The topological polar surface area (TPSA) is 84.5 Å². The number of hydrogen-bond donors (Lipinski definition) is 1. The molecule has 2 aromatic carbocycles. The fourth-order valence-corrected chi connectivity index (χ4v) is 3.41. The van der Waals surface area contributed by atoms with Gasteiger partial charge in [-0.25, -0.2) is 4.98 Å². The Morgan fingerprint density at radius 1 is 1.17 bits per heavy atom. The van der Waals surface area contributed by atoms with Crippen LogP contribution in [0.4, 0.5) is 0 Å². The number of H-pyrrole nitrogens is 1. The number of aromatic amines is 1. The van der Waals surface area contributed by atoms with Crippen LogP contribution in [-0.4, -0.2) is 47.1 Å². The molecule has 4 rings (SSSR count). The fraction of sp³-hybridized carbons (Fsp3) is 0.318. The molecule has 1 aliphatic rings. The van der Waals surface area contributed by atoms with Gasteiger partial charge in [0.15, 0.2) is 17.6 Å². The van der Waals surface area contributed by atoms with E-state index in [0.29, 0.717) is 54.9 Å². The highest BCUT2D eigenvalue weighted by molar-refractivity contribution is 5.77. The Morgan fingerprint density at radius 3 is 2.79 bits per heavy atom. The molecular formula is C22H23N3O4. The van der Waals surface area contributed by atoms with Crippen LogP contribution in [0.25, 0.3) is 10.9 Å². The van der Waals surface area contributed by atoms with E-state index in [1.165, 1.54) is 0 Å². The van der Waals surface area contributed by atoms with E-state index in [1.54, 1.807) is 18.0 Å². The first-order valence-corrected chi connectivity index (χ1v) is 9.70. The molecule has 1 aromatic heterocycles. The molecule has 0 saturated heterocycles. The van der Waals surface area contributed by atoms with Crippen molar-refractivity contribution in [3.8, 4) is 11.5 Å². The normalized spacial score (nSPS) is 15.3. The van der Waals surface area contributed by atoms with Gasteiger partial charge in [-0.2, -0.15) is 0 Å². The van der Waals surface area contributed by atoms with Crippen molar-refractivity contribution < 1.29 is 14.3 Å². The summed E-state index contributed by atoms with van der Waals surface area (Å²) in [5, 5.41) is 0.573. The van der Waals surface area contributed by atoms with Gasteiger partial charge in [-0.15, -0.1) is 0 Å². The lowest BCUT2D eigenvalue weighted by atomic mass is 10.2. The van der Waals surface area contributed by atoms with Crippen LogP contribution in [0.1, 0.15) is 18.7 Å². The van der Waals surface area contributed by atoms with Crippen LogP contribution in [0.3, 0.4) is 0 Å². The summed E-state index contributed by atoms with van der Waals surface area (Å²) in [5.41, 5.74) is 0.521. The average Bonchev–Trinajstić information content (AvgIpc) is 2.73. The Kier molecular flexibility index (Phi) is 5.46. The number of aromatic nitrogens is 2. The zero-order valence-electron chi connectivity index (χ0n) is 16.3. The number of fused-ring (bicyclic) bond motifs is 2. The van der Waals surface area contributed by atoms with Gasteiger partial charge >= 0.3 is 0 Å². The van der Waals surface area contributed by atoms with E-state index < -0.39 is 0 Å². The number of nitrogens with one attached hydrogen (secondary N) is 1. The zero-order valence-corrected chi connectivity index (χ0v) is 16.3. The van der Waals surface area contributed by atoms with Crippen LogP contribution >= 0.6 is 0 Å². The van der Waals surface area contributed by atoms with Gasteiger partial charge in [-0.05, 0) is 30.7 Å². The molecule has 1 amide bonds. The van der Waals surface area contributed by atoms with Crippen LogP contribution < -0.4 is 15.0 Å². The Morgan fingerprint density at radius 2 is 1.93 bits per heavy atom. The van der Waals surface area contributed by atoms with Gasteiger partial charge in [0.25, 0.3) is 5.56 Å². The molecule has 0 unspecified atom stereocenters. The number of carbonyl (C=O) groups excluding carboxylic acids is 1. The van der Waals surface area contributed by atoms with E-state index in [-0.39, 0.29) is 17.6 Å². The highest BCUT2D eigenvalue weighted by Crippen LogP contribution is 2.30. The Hall–Kier alpha value is -3.35. The molecule has 7 nitrogen and oxygen atoms in total. The summed E-state index contributed by atoms with van der Waals surface area (Å²) in [4.78, 5) is 33.5. The second kappa shape index (κ2) is 8.34. The molecule has 29 heavy (non-hydrogen) atoms. The van der Waals surface area contributed by atoms with Crippen LogP contribution in [0.5, 0.6) is 11.5 Å². The van der Waals surface area contributed by atoms with Crippen molar-refractivity contribution in [2.24, 2.45) is 0 Å². The summed E-state index contributed by atoms with van der Waals surface area (Å²) in [6.45, 7) is 0.870. The molecule has 0 saturated carbocycles. The van der Waals surface area contributed by atoms with Crippen molar-refractivity contribution in [1.82, 2.24) is 14.9 Å². The number of nitrogens with zero attached hydrogens (tertiary/aromatic N) is 2. The SMILES string of the molecule is CN(C[C@@H]1COc2ccccc2O1)C(=O)CCCc1nc2ccccc2c(=O)[nH]1. The number of carbonyl (C=O) groups is 1. The minimum Gasteiger partial charge on any atom is -0.486 e. The number of ether oxygens (including phenoxy) is 2. The highest BCUT2D eigenvalue weighted by Gasteiger charge is 2.23. The zero-order chi connectivity index (χ0) is 20.2. The standard InChI is InChI=1S/C22H23N3O4/c1-25(13-15-14-28-18-9-4-5-10-19(18)29-15)21(26)12-6-11-20-23-17-8-3-2-7-16(17)22(27)24-20/h2-5,7-10,15H,6,11-14H2,1H3,(H,23,24,27)/t15-/m1/s1. The first-order chi connectivity index (χ1) is 14.1. The second-order valence-electron chi connectivity index (χ2n) is 7.16. The Balaban J connectivity index is 1.28. The fourth-order valence-electron chi connectivity index (χ4n) is 3.41. The van der Waals surface area contributed by atoms with Crippen molar-refractivity contribution in [1.29, 1.82) is 0 Å². The smallest absolute Gasteiger partial charge is 0.258 e. The van der Waals surface area contributed by atoms with Crippen molar-refractivity contribution in [3.63, 3.8) is 0 Å². The first kappa shape index (κ1) is 19.0. The number of amides is 1. The average molecular weight is 393 g/mol. The predicted octanol–water partition coefficient (Wildman–Crippen LogP) is 2.54. The first-order valence-electron chi connectivity index (χ1n) is 9.70. The van der Waals surface area contributed by atoms with Crippen molar-refractivity contribution in [2.75, 3.05) is 20.2 Å². The van der Waals surface area contributed by atoms with Gasteiger partial charge in [-0.3, -0.25) is 9.59 Å². The third-order valence-electron chi connectivity index (χ3n) is 4.94. The van der Waals surface area contributed by atoms with Gasteiger partial charge in [0.1, 0.15) is 12.4 Å². The third kappa shape index (κ3) is 4.39. The lowest BCUT2D eigenvalue weighted by Gasteiger charge is -2.29. The number of benzene rings is 2. The van der Waals surface area contributed by atoms with E-state index in [0.717, 1.165) is 5.75 Å². The molecule has 150 valence electrons.